The molecule has 130 valence electrons. The number of carbonyl (C=O) groups is 2. The standard InChI is InChI=1S/C18H23FN2O3/c1-18(2,3)21-9-12(8-16(21)22)17(23)20-10-15(11-20)24-14-6-4-13(19)5-7-14/h4-7,12,15H,8-11H2,1-3H3/t12-/m0/s1. The van der Waals surface area contributed by atoms with Gasteiger partial charge in [-0.15, -0.1) is 0 Å². The van der Waals surface area contributed by atoms with E-state index in [0.717, 1.165) is 0 Å². The molecule has 0 N–H and O–H groups in total. The third kappa shape index (κ3) is 3.37. The molecule has 0 unspecified atom stereocenters. The Kier molecular flexibility index (Phi) is 4.24. The number of likely N-dealkylation sites (tertiary alicyclic amines) is 2. The van der Waals surface area contributed by atoms with Crippen molar-refractivity contribution in [2.75, 3.05) is 19.6 Å². The van der Waals surface area contributed by atoms with E-state index < -0.39 is 0 Å². The van der Waals surface area contributed by atoms with Crippen molar-refractivity contribution in [1.82, 2.24) is 9.80 Å². The normalized spacial score (nSPS) is 21.8. The van der Waals surface area contributed by atoms with Crippen molar-refractivity contribution in [2.45, 2.75) is 38.8 Å². The number of halogens is 1. The van der Waals surface area contributed by atoms with Crippen molar-refractivity contribution in [3.63, 3.8) is 0 Å². The van der Waals surface area contributed by atoms with Gasteiger partial charge >= 0.3 is 0 Å². The van der Waals surface area contributed by atoms with E-state index in [4.69, 9.17) is 4.74 Å². The average molecular weight is 334 g/mol. The zero-order valence-electron chi connectivity index (χ0n) is 14.3. The molecule has 24 heavy (non-hydrogen) atoms. The van der Waals surface area contributed by atoms with Gasteiger partial charge in [0.2, 0.25) is 11.8 Å². The van der Waals surface area contributed by atoms with Gasteiger partial charge in [-0.25, -0.2) is 4.39 Å². The van der Waals surface area contributed by atoms with Gasteiger partial charge in [-0.05, 0) is 45.0 Å². The lowest BCUT2D eigenvalue weighted by molar-refractivity contribution is -0.144. The minimum Gasteiger partial charge on any atom is -0.487 e. The summed E-state index contributed by atoms with van der Waals surface area (Å²) in [6.07, 6.45) is 0.214. The number of hydrogen-bond acceptors (Lipinski definition) is 3. The first-order valence-electron chi connectivity index (χ1n) is 8.25. The number of rotatable bonds is 3. The maximum Gasteiger partial charge on any atom is 0.228 e. The molecule has 0 spiro atoms. The highest BCUT2D eigenvalue weighted by molar-refractivity contribution is 5.90. The lowest BCUT2D eigenvalue weighted by Gasteiger charge is -2.40. The van der Waals surface area contributed by atoms with E-state index in [9.17, 15) is 14.0 Å². The monoisotopic (exact) mass is 334 g/mol. The molecule has 3 rings (SSSR count). The zero-order valence-corrected chi connectivity index (χ0v) is 14.3. The smallest absolute Gasteiger partial charge is 0.228 e. The number of benzene rings is 1. The number of amides is 2. The first kappa shape index (κ1) is 16.7. The minimum absolute atomic E-state index is 0.0223. The van der Waals surface area contributed by atoms with Crippen LogP contribution in [0.1, 0.15) is 27.2 Å². The van der Waals surface area contributed by atoms with Gasteiger partial charge < -0.3 is 14.5 Å². The van der Waals surface area contributed by atoms with Gasteiger partial charge in [-0.2, -0.15) is 0 Å². The van der Waals surface area contributed by atoms with Crippen molar-refractivity contribution in [3.8, 4) is 5.75 Å². The second-order valence-corrected chi connectivity index (χ2v) is 7.51. The van der Waals surface area contributed by atoms with Gasteiger partial charge in [-0.3, -0.25) is 9.59 Å². The van der Waals surface area contributed by atoms with Crippen LogP contribution in [0.5, 0.6) is 5.75 Å². The lowest BCUT2D eigenvalue weighted by atomic mass is 10.0. The van der Waals surface area contributed by atoms with E-state index in [0.29, 0.717) is 25.4 Å². The topological polar surface area (TPSA) is 49.9 Å². The summed E-state index contributed by atoms with van der Waals surface area (Å²) in [4.78, 5) is 28.1. The Hall–Kier alpha value is -2.11. The largest absolute Gasteiger partial charge is 0.487 e. The maximum atomic E-state index is 12.9. The SMILES string of the molecule is CC(C)(C)N1C[C@@H](C(=O)N2CC(Oc3ccc(F)cc3)C2)CC1=O. The fourth-order valence-corrected chi connectivity index (χ4v) is 3.18. The third-order valence-corrected chi connectivity index (χ3v) is 4.56. The van der Waals surface area contributed by atoms with Crippen LogP contribution in [-0.2, 0) is 9.59 Å². The van der Waals surface area contributed by atoms with Crippen LogP contribution in [0.15, 0.2) is 24.3 Å². The first-order chi connectivity index (χ1) is 11.2. The fourth-order valence-electron chi connectivity index (χ4n) is 3.18. The highest BCUT2D eigenvalue weighted by Crippen LogP contribution is 2.29. The molecule has 0 aliphatic carbocycles. The van der Waals surface area contributed by atoms with Crippen molar-refractivity contribution in [1.29, 1.82) is 0 Å². The molecule has 2 fully saturated rings. The van der Waals surface area contributed by atoms with Gasteiger partial charge in [-0.1, -0.05) is 0 Å². The van der Waals surface area contributed by atoms with Crippen molar-refractivity contribution in [3.05, 3.63) is 30.1 Å². The molecule has 2 aliphatic rings. The Morgan fingerprint density at radius 3 is 2.33 bits per heavy atom. The van der Waals surface area contributed by atoms with Crippen LogP contribution in [0.25, 0.3) is 0 Å². The van der Waals surface area contributed by atoms with Gasteiger partial charge in [0.25, 0.3) is 0 Å². The minimum atomic E-state index is -0.304. The fraction of sp³-hybridized carbons (Fsp3) is 0.556. The van der Waals surface area contributed by atoms with Crippen molar-refractivity contribution < 1.29 is 18.7 Å². The molecule has 2 saturated heterocycles. The van der Waals surface area contributed by atoms with E-state index in [2.05, 4.69) is 0 Å². The zero-order chi connectivity index (χ0) is 17.5. The van der Waals surface area contributed by atoms with Crippen molar-refractivity contribution in [2.24, 2.45) is 5.92 Å². The van der Waals surface area contributed by atoms with E-state index in [1.54, 1.807) is 21.9 Å². The summed E-state index contributed by atoms with van der Waals surface area (Å²) in [6.45, 7) is 7.45. The van der Waals surface area contributed by atoms with Crippen LogP contribution in [0.2, 0.25) is 0 Å². The lowest BCUT2D eigenvalue weighted by Crippen LogP contribution is -2.58. The summed E-state index contributed by atoms with van der Waals surface area (Å²) < 4.78 is 18.6. The first-order valence-corrected chi connectivity index (χ1v) is 8.25. The highest BCUT2D eigenvalue weighted by atomic mass is 19.1. The molecule has 0 aromatic heterocycles. The van der Waals surface area contributed by atoms with Crippen LogP contribution >= 0.6 is 0 Å². The quantitative estimate of drug-likeness (QED) is 0.850. The molecule has 2 aliphatic heterocycles. The van der Waals surface area contributed by atoms with E-state index in [1.807, 2.05) is 20.8 Å². The molecule has 2 amide bonds. The molecule has 1 atom stereocenters. The predicted octanol–water partition coefficient (Wildman–Crippen LogP) is 2.06. The molecule has 0 bridgehead atoms. The van der Waals surface area contributed by atoms with Gasteiger partial charge in [0.05, 0.1) is 19.0 Å². The summed E-state index contributed by atoms with van der Waals surface area (Å²) in [7, 11) is 0. The summed E-state index contributed by atoms with van der Waals surface area (Å²) in [6, 6.07) is 5.86. The Balaban J connectivity index is 1.50. The van der Waals surface area contributed by atoms with Gasteiger partial charge in [0.1, 0.15) is 17.7 Å². The van der Waals surface area contributed by atoms with Crippen LogP contribution < -0.4 is 4.74 Å². The van der Waals surface area contributed by atoms with Crippen LogP contribution in [0.3, 0.4) is 0 Å². The van der Waals surface area contributed by atoms with E-state index in [1.165, 1.54) is 12.1 Å². The molecule has 1 aromatic carbocycles. The van der Waals surface area contributed by atoms with E-state index in [-0.39, 0.29) is 41.6 Å². The maximum absolute atomic E-state index is 12.9. The molecule has 1 aromatic rings. The van der Waals surface area contributed by atoms with Crippen LogP contribution in [-0.4, -0.2) is 52.9 Å². The van der Waals surface area contributed by atoms with Crippen LogP contribution in [0, 0.1) is 11.7 Å². The second-order valence-electron chi connectivity index (χ2n) is 7.51. The molecule has 5 nitrogen and oxygen atoms in total. The molecular weight excluding hydrogens is 311 g/mol. The summed E-state index contributed by atoms with van der Waals surface area (Å²) in [5, 5.41) is 0. The van der Waals surface area contributed by atoms with Crippen LogP contribution in [0.4, 0.5) is 4.39 Å². The molecular formula is C18H23FN2O3. The summed E-state index contributed by atoms with van der Waals surface area (Å²) in [5.41, 5.74) is -0.255. The Morgan fingerprint density at radius 1 is 1.17 bits per heavy atom. The number of hydrogen-bond donors (Lipinski definition) is 0. The van der Waals surface area contributed by atoms with E-state index >= 15 is 0 Å². The number of nitrogens with zero attached hydrogens (tertiary/aromatic N) is 2. The number of carbonyl (C=O) groups excluding carboxylic acids is 2. The average Bonchev–Trinajstić information content (AvgIpc) is 2.86. The molecule has 0 saturated carbocycles. The second kappa shape index (κ2) is 6.07. The molecule has 6 heteroatoms. The summed E-state index contributed by atoms with van der Waals surface area (Å²) in [5.74, 6) is 0.101. The Labute approximate surface area is 141 Å². The Morgan fingerprint density at radius 2 is 1.79 bits per heavy atom. The van der Waals surface area contributed by atoms with Crippen molar-refractivity contribution >= 4 is 11.8 Å². The highest BCUT2D eigenvalue weighted by Gasteiger charge is 2.43. The van der Waals surface area contributed by atoms with Gasteiger partial charge in [0, 0.05) is 18.5 Å². The Bertz CT molecular complexity index is 633. The third-order valence-electron chi connectivity index (χ3n) is 4.56. The number of ether oxygens (including phenoxy) is 1. The molecule has 2 heterocycles. The summed E-state index contributed by atoms with van der Waals surface area (Å²) >= 11 is 0. The van der Waals surface area contributed by atoms with Gasteiger partial charge in [0.15, 0.2) is 0 Å². The predicted molar refractivity (Wildman–Crippen MR) is 87.0 cm³/mol. The molecule has 0 radical (unpaired) electrons.